The van der Waals surface area contributed by atoms with Gasteiger partial charge in [0.2, 0.25) is 0 Å². The van der Waals surface area contributed by atoms with Gasteiger partial charge >= 0.3 is 0 Å². The predicted molar refractivity (Wildman–Crippen MR) is 119 cm³/mol. The van der Waals surface area contributed by atoms with Crippen LogP contribution >= 0.6 is 0 Å². The van der Waals surface area contributed by atoms with Gasteiger partial charge < -0.3 is 4.90 Å². The van der Waals surface area contributed by atoms with E-state index >= 15 is 0 Å². The number of para-hydroxylation sites is 2. The van der Waals surface area contributed by atoms with Gasteiger partial charge in [0.1, 0.15) is 6.07 Å². The second kappa shape index (κ2) is 8.69. The zero-order valence-electron chi connectivity index (χ0n) is 15.8. The summed E-state index contributed by atoms with van der Waals surface area (Å²) in [5.41, 5.74) is 5.41. The summed E-state index contributed by atoms with van der Waals surface area (Å²) in [7, 11) is 0. The first kappa shape index (κ1) is 18.2. The Labute approximate surface area is 170 Å². The summed E-state index contributed by atoms with van der Waals surface area (Å²) in [5.74, 6) is 0. The average molecular weight is 373 g/mol. The number of nitrogens with zero attached hydrogens (tertiary/aromatic N) is 3. The van der Waals surface area contributed by atoms with Gasteiger partial charge in [0.15, 0.2) is 0 Å². The van der Waals surface area contributed by atoms with Crippen LogP contribution in [0.5, 0.6) is 0 Å². The number of nitriles is 1. The molecule has 3 heteroatoms. The summed E-state index contributed by atoms with van der Waals surface area (Å²) in [6.45, 7) is 0. The largest absolute Gasteiger partial charge is 0.311 e. The van der Waals surface area contributed by atoms with Gasteiger partial charge in [-0.3, -0.25) is 4.98 Å². The maximum Gasteiger partial charge on any atom is 0.101 e. The number of pyridine rings is 1. The van der Waals surface area contributed by atoms with Crippen molar-refractivity contribution in [1.29, 1.82) is 5.26 Å². The monoisotopic (exact) mass is 373 g/mol. The van der Waals surface area contributed by atoms with Crippen molar-refractivity contribution in [3.63, 3.8) is 0 Å². The number of hydrogen-bond donors (Lipinski definition) is 0. The predicted octanol–water partition coefficient (Wildman–Crippen LogP) is 6.62. The maximum atomic E-state index is 9.51. The van der Waals surface area contributed by atoms with Crippen molar-refractivity contribution in [1.82, 2.24) is 4.98 Å². The molecule has 1 heterocycles. The lowest BCUT2D eigenvalue weighted by atomic mass is 10.1. The smallest absolute Gasteiger partial charge is 0.101 e. The van der Waals surface area contributed by atoms with E-state index in [2.05, 4.69) is 52.4 Å². The minimum Gasteiger partial charge on any atom is -0.311 e. The van der Waals surface area contributed by atoms with Crippen molar-refractivity contribution >= 4 is 28.7 Å². The number of rotatable bonds is 5. The van der Waals surface area contributed by atoms with Gasteiger partial charge in [0.05, 0.1) is 11.3 Å². The highest BCUT2D eigenvalue weighted by molar-refractivity contribution is 5.88. The van der Waals surface area contributed by atoms with Crippen molar-refractivity contribution in [2.24, 2.45) is 0 Å². The molecule has 138 valence electrons. The van der Waals surface area contributed by atoms with Crippen molar-refractivity contribution in [2.75, 3.05) is 4.90 Å². The Morgan fingerprint density at radius 3 is 1.76 bits per heavy atom. The van der Waals surface area contributed by atoms with E-state index in [0.29, 0.717) is 11.3 Å². The Bertz CT molecular complexity index is 1090. The number of aromatic nitrogens is 1. The zero-order valence-corrected chi connectivity index (χ0v) is 15.8. The number of anilines is 3. The van der Waals surface area contributed by atoms with Crippen molar-refractivity contribution in [3.8, 4) is 6.07 Å². The summed E-state index contributed by atoms with van der Waals surface area (Å²) in [5, 5.41) is 9.51. The third-order valence-electron chi connectivity index (χ3n) is 4.55. The fraction of sp³-hybridized carbons (Fsp3) is 0. The minimum absolute atomic E-state index is 0.543. The highest BCUT2D eigenvalue weighted by Crippen LogP contribution is 2.34. The molecule has 29 heavy (non-hydrogen) atoms. The lowest BCUT2D eigenvalue weighted by Gasteiger charge is -2.25. The molecule has 4 aromatic rings. The van der Waals surface area contributed by atoms with Crippen LogP contribution in [0.1, 0.15) is 11.3 Å². The van der Waals surface area contributed by atoms with Gasteiger partial charge in [-0.05, 0) is 60.2 Å². The highest BCUT2D eigenvalue weighted by atomic mass is 15.1. The van der Waals surface area contributed by atoms with Gasteiger partial charge in [0, 0.05) is 23.3 Å². The van der Waals surface area contributed by atoms with E-state index in [4.69, 9.17) is 0 Å². The van der Waals surface area contributed by atoms with Crippen LogP contribution in [0.4, 0.5) is 17.1 Å². The van der Waals surface area contributed by atoms with E-state index in [1.54, 1.807) is 6.20 Å². The van der Waals surface area contributed by atoms with Gasteiger partial charge in [-0.15, -0.1) is 0 Å². The molecule has 0 amide bonds. The Kier molecular flexibility index (Phi) is 5.46. The van der Waals surface area contributed by atoms with Crippen LogP contribution < -0.4 is 4.90 Å². The number of benzene rings is 3. The molecule has 0 bridgehead atoms. The molecule has 0 unspecified atom stereocenters. The molecule has 0 fully saturated rings. The summed E-state index contributed by atoms with van der Waals surface area (Å²) in [6.07, 6.45) is 3.56. The van der Waals surface area contributed by atoms with Crippen molar-refractivity contribution < 1.29 is 0 Å². The lowest BCUT2D eigenvalue weighted by molar-refractivity contribution is 1.28. The Hall–Kier alpha value is -4.16. The van der Waals surface area contributed by atoms with E-state index in [0.717, 1.165) is 22.6 Å². The van der Waals surface area contributed by atoms with E-state index in [9.17, 15) is 5.26 Å². The SMILES string of the molecule is N#C/C(=C/c1ccc(N(c2ccccc2)c2ccccc2)cc1)c1ccccn1. The normalized spacial score (nSPS) is 10.9. The molecule has 0 radical (unpaired) electrons. The first-order chi connectivity index (χ1) is 14.3. The molecule has 0 saturated heterocycles. The zero-order chi connectivity index (χ0) is 19.9. The second-order valence-corrected chi connectivity index (χ2v) is 6.48. The molecule has 0 N–H and O–H groups in total. The average Bonchev–Trinajstić information content (AvgIpc) is 2.81. The minimum atomic E-state index is 0.543. The first-order valence-electron chi connectivity index (χ1n) is 9.38. The van der Waals surface area contributed by atoms with Gasteiger partial charge in [-0.1, -0.05) is 54.6 Å². The summed E-state index contributed by atoms with van der Waals surface area (Å²) >= 11 is 0. The molecule has 0 atom stereocenters. The lowest BCUT2D eigenvalue weighted by Crippen LogP contribution is -2.09. The Morgan fingerprint density at radius 2 is 1.24 bits per heavy atom. The standard InChI is InChI=1S/C26H19N3/c27-20-22(26-13-7-8-18-28-26)19-21-14-16-25(17-15-21)29(23-9-3-1-4-10-23)24-11-5-2-6-12-24/h1-19H/b22-19-. The van der Waals surface area contributed by atoms with E-state index in [1.165, 1.54) is 0 Å². The third-order valence-corrected chi connectivity index (χ3v) is 4.55. The summed E-state index contributed by atoms with van der Waals surface area (Å²) in [6, 6.07) is 36.5. The van der Waals surface area contributed by atoms with Crippen LogP contribution in [-0.4, -0.2) is 4.98 Å². The summed E-state index contributed by atoms with van der Waals surface area (Å²) < 4.78 is 0. The topological polar surface area (TPSA) is 39.9 Å². The molecule has 0 spiro atoms. The van der Waals surface area contributed by atoms with E-state index in [-0.39, 0.29) is 0 Å². The molecule has 4 rings (SSSR count). The Balaban J connectivity index is 1.70. The molecule has 1 aromatic heterocycles. The second-order valence-electron chi connectivity index (χ2n) is 6.48. The van der Waals surface area contributed by atoms with Crippen molar-refractivity contribution in [3.05, 3.63) is 121 Å². The molecule has 3 aromatic carbocycles. The molecule has 0 aliphatic heterocycles. The number of hydrogen-bond acceptors (Lipinski definition) is 3. The summed E-state index contributed by atoms with van der Waals surface area (Å²) in [4.78, 5) is 6.48. The quantitative estimate of drug-likeness (QED) is 0.369. The maximum absolute atomic E-state index is 9.51. The van der Waals surface area contributed by atoms with Gasteiger partial charge in [-0.25, -0.2) is 0 Å². The van der Waals surface area contributed by atoms with Crippen LogP contribution in [0.25, 0.3) is 11.6 Å². The fourth-order valence-corrected chi connectivity index (χ4v) is 3.17. The van der Waals surface area contributed by atoms with Crippen molar-refractivity contribution in [2.45, 2.75) is 0 Å². The first-order valence-corrected chi connectivity index (χ1v) is 9.38. The van der Waals surface area contributed by atoms with Gasteiger partial charge in [-0.2, -0.15) is 5.26 Å². The van der Waals surface area contributed by atoms with Crippen LogP contribution in [0.2, 0.25) is 0 Å². The van der Waals surface area contributed by atoms with Crippen LogP contribution in [0, 0.1) is 11.3 Å². The van der Waals surface area contributed by atoms with Crippen LogP contribution in [0.15, 0.2) is 109 Å². The molecule has 3 nitrogen and oxygen atoms in total. The third kappa shape index (κ3) is 4.23. The molecular formula is C26H19N3. The molecule has 0 aliphatic rings. The van der Waals surface area contributed by atoms with Gasteiger partial charge in [0.25, 0.3) is 0 Å². The van der Waals surface area contributed by atoms with E-state index < -0.39 is 0 Å². The fourth-order valence-electron chi connectivity index (χ4n) is 3.17. The number of allylic oxidation sites excluding steroid dienone is 1. The van der Waals surface area contributed by atoms with E-state index in [1.807, 2.05) is 72.8 Å². The highest BCUT2D eigenvalue weighted by Gasteiger charge is 2.11. The Morgan fingerprint density at radius 1 is 0.690 bits per heavy atom. The van der Waals surface area contributed by atoms with Crippen LogP contribution in [-0.2, 0) is 0 Å². The molecule has 0 aliphatic carbocycles. The molecule has 0 saturated carbocycles. The molecular weight excluding hydrogens is 354 g/mol. The van der Waals surface area contributed by atoms with Crippen LogP contribution in [0.3, 0.4) is 0 Å².